The van der Waals surface area contributed by atoms with Crippen molar-refractivity contribution >= 4 is 28.2 Å². The molecule has 0 aliphatic heterocycles. The Morgan fingerprint density at radius 2 is 1.94 bits per heavy atom. The Kier molecular flexibility index (Phi) is 3.46. The molecule has 0 spiro atoms. The van der Waals surface area contributed by atoms with Crippen LogP contribution in [0.5, 0.6) is 0 Å². The summed E-state index contributed by atoms with van der Waals surface area (Å²) in [5.74, 6) is 0. The minimum absolute atomic E-state index is 0.510. The number of pyridine rings is 1. The summed E-state index contributed by atoms with van der Waals surface area (Å²) in [6.07, 6.45) is 1.17. The molecule has 0 unspecified atom stereocenters. The van der Waals surface area contributed by atoms with Crippen molar-refractivity contribution < 1.29 is 5.11 Å². The minimum atomic E-state index is -0.960. The Balaban J connectivity index is 2.66. The van der Waals surface area contributed by atoms with E-state index in [-0.39, 0.29) is 0 Å². The van der Waals surface area contributed by atoms with Gasteiger partial charge in [0, 0.05) is 10.4 Å². The average Bonchev–Trinajstić information content (AvgIpc) is 2.37. The number of hydrogen-bond acceptors (Lipinski definition) is 3. The maximum atomic E-state index is 10.5. The lowest BCUT2D eigenvalue weighted by atomic mass is 9.91. The number of halogens is 1. The molecule has 0 atom stereocenters. The first kappa shape index (κ1) is 13.1. The van der Waals surface area contributed by atoms with Crippen LogP contribution in [0.4, 0.5) is 5.69 Å². The van der Waals surface area contributed by atoms with E-state index in [2.05, 4.69) is 4.98 Å². The van der Waals surface area contributed by atoms with E-state index < -0.39 is 5.60 Å². The van der Waals surface area contributed by atoms with Crippen LogP contribution in [-0.4, -0.2) is 10.1 Å². The van der Waals surface area contributed by atoms with Gasteiger partial charge in [-0.3, -0.25) is 0 Å². The number of aromatic nitrogens is 1. The topological polar surface area (TPSA) is 59.1 Å². The highest BCUT2D eigenvalue weighted by Gasteiger charge is 2.29. The van der Waals surface area contributed by atoms with Crippen LogP contribution < -0.4 is 5.73 Å². The largest absolute Gasteiger partial charge is 0.397 e. The molecular formula is C14H17ClN2O. The number of fused-ring (bicyclic) bond motifs is 1. The zero-order chi connectivity index (χ0) is 13.3. The molecule has 1 aromatic carbocycles. The summed E-state index contributed by atoms with van der Waals surface area (Å²) in [7, 11) is 0. The van der Waals surface area contributed by atoms with Gasteiger partial charge in [-0.05, 0) is 37.1 Å². The second kappa shape index (κ2) is 4.75. The fourth-order valence-electron chi connectivity index (χ4n) is 2.12. The van der Waals surface area contributed by atoms with E-state index in [0.29, 0.717) is 29.2 Å². The molecule has 2 rings (SSSR count). The van der Waals surface area contributed by atoms with Crippen LogP contribution in [0.1, 0.15) is 32.4 Å². The fourth-order valence-corrected chi connectivity index (χ4v) is 2.30. The van der Waals surface area contributed by atoms with Crippen molar-refractivity contribution in [2.24, 2.45) is 0 Å². The molecule has 0 saturated carbocycles. The average molecular weight is 265 g/mol. The summed E-state index contributed by atoms with van der Waals surface area (Å²) < 4.78 is 0. The molecule has 4 heteroatoms. The van der Waals surface area contributed by atoms with Gasteiger partial charge < -0.3 is 10.8 Å². The number of nitrogen functional groups attached to an aromatic ring is 1. The monoisotopic (exact) mass is 264 g/mol. The SMILES string of the molecule is CCC(O)(CC)c1nc2ccc(Cl)cc2cc1N. The summed E-state index contributed by atoms with van der Waals surface area (Å²) in [5, 5.41) is 12.1. The Morgan fingerprint density at radius 1 is 1.28 bits per heavy atom. The minimum Gasteiger partial charge on any atom is -0.397 e. The molecule has 1 heterocycles. The zero-order valence-electron chi connectivity index (χ0n) is 10.6. The second-order valence-corrected chi connectivity index (χ2v) is 4.94. The molecular weight excluding hydrogens is 248 g/mol. The van der Waals surface area contributed by atoms with Crippen molar-refractivity contribution in [3.05, 3.63) is 35.0 Å². The number of rotatable bonds is 3. The third-order valence-electron chi connectivity index (χ3n) is 3.42. The number of anilines is 1. The Morgan fingerprint density at radius 3 is 2.56 bits per heavy atom. The van der Waals surface area contributed by atoms with Crippen LogP contribution in [0, 0.1) is 0 Å². The van der Waals surface area contributed by atoms with Gasteiger partial charge in [-0.15, -0.1) is 0 Å². The second-order valence-electron chi connectivity index (χ2n) is 4.50. The normalized spacial score (nSPS) is 12.0. The van der Waals surface area contributed by atoms with Crippen LogP contribution in [0.15, 0.2) is 24.3 Å². The smallest absolute Gasteiger partial charge is 0.108 e. The number of hydrogen-bond donors (Lipinski definition) is 2. The Bertz CT molecular complexity index is 579. The molecule has 0 aliphatic rings. The summed E-state index contributed by atoms with van der Waals surface area (Å²) in [4.78, 5) is 4.50. The zero-order valence-corrected chi connectivity index (χ0v) is 11.3. The van der Waals surface area contributed by atoms with Crippen LogP contribution >= 0.6 is 11.6 Å². The van der Waals surface area contributed by atoms with Crippen molar-refractivity contribution in [1.29, 1.82) is 0 Å². The maximum Gasteiger partial charge on any atom is 0.108 e. The van der Waals surface area contributed by atoms with Crippen molar-refractivity contribution in [3.63, 3.8) is 0 Å². The van der Waals surface area contributed by atoms with E-state index >= 15 is 0 Å². The van der Waals surface area contributed by atoms with Gasteiger partial charge in [0.2, 0.25) is 0 Å². The highest BCUT2D eigenvalue weighted by atomic mass is 35.5. The number of nitrogens with two attached hydrogens (primary N) is 1. The van der Waals surface area contributed by atoms with E-state index in [1.165, 1.54) is 0 Å². The Hall–Kier alpha value is -1.32. The number of benzene rings is 1. The van der Waals surface area contributed by atoms with Gasteiger partial charge in [-0.2, -0.15) is 0 Å². The van der Waals surface area contributed by atoms with Crippen LogP contribution in [-0.2, 0) is 5.60 Å². The predicted molar refractivity (Wildman–Crippen MR) is 75.6 cm³/mol. The molecule has 18 heavy (non-hydrogen) atoms. The van der Waals surface area contributed by atoms with Gasteiger partial charge in [-0.25, -0.2) is 4.98 Å². The summed E-state index contributed by atoms with van der Waals surface area (Å²) in [6, 6.07) is 7.26. The lowest BCUT2D eigenvalue weighted by Crippen LogP contribution is -2.26. The van der Waals surface area contributed by atoms with Crippen LogP contribution in [0.3, 0.4) is 0 Å². The van der Waals surface area contributed by atoms with E-state index in [0.717, 1.165) is 10.9 Å². The lowest BCUT2D eigenvalue weighted by molar-refractivity contribution is 0.0251. The third kappa shape index (κ3) is 2.16. The van der Waals surface area contributed by atoms with E-state index in [1.807, 2.05) is 32.0 Å². The molecule has 0 saturated heterocycles. The molecule has 3 N–H and O–H groups in total. The van der Waals surface area contributed by atoms with Crippen molar-refractivity contribution in [2.75, 3.05) is 5.73 Å². The first-order valence-electron chi connectivity index (χ1n) is 6.09. The Labute approximate surface area is 112 Å². The van der Waals surface area contributed by atoms with Gasteiger partial charge in [0.1, 0.15) is 5.60 Å². The number of aliphatic hydroxyl groups is 1. The molecule has 96 valence electrons. The van der Waals surface area contributed by atoms with Crippen molar-refractivity contribution in [1.82, 2.24) is 4.98 Å². The van der Waals surface area contributed by atoms with Gasteiger partial charge in [-0.1, -0.05) is 25.4 Å². The summed E-state index contributed by atoms with van der Waals surface area (Å²) in [6.45, 7) is 3.85. The van der Waals surface area contributed by atoms with Gasteiger partial charge in [0.15, 0.2) is 0 Å². The standard InChI is InChI=1S/C14H17ClN2O/c1-3-14(18,4-2)13-11(16)8-9-7-10(15)5-6-12(9)17-13/h5-8,18H,3-4,16H2,1-2H3. The van der Waals surface area contributed by atoms with Crippen molar-refractivity contribution in [3.8, 4) is 0 Å². The van der Waals surface area contributed by atoms with E-state index in [9.17, 15) is 5.11 Å². The third-order valence-corrected chi connectivity index (χ3v) is 3.65. The molecule has 2 aromatic rings. The number of nitrogens with zero attached hydrogens (tertiary/aromatic N) is 1. The summed E-state index contributed by atoms with van der Waals surface area (Å²) >= 11 is 5.94. The highest BCUT2D eigenvalue weighted by Crippen LogP contribution is 2.33. The molecule has 3 nitrogen and oxygen atoms in total. The lowest BCUT2D eigenvalue weighted by Gasteiger charge is -2.26. The first-order valence-corrected chi connectivity index (χ1v) is 6.46. The quantitative estimate of drug-likeness (QED) is 0.892. The van der Waals surface area contributed by atoms with Gasteiger partial charge >= 0.3 is 0 Å². The van der Waals surface area contributed by atoms with Gasteiger partial charge in [0.25, 0.3) is 0 Å². The molecule has 0 bridgehead atoms. The molecule has 0 fully saturated rings. The molecule has 0 amide bonds. The molecule has 0 aliphatic carbocycles. The van der Waals surface area contributed by atoms with Crippen LogP contribution in [0.25, 0.3) is 10.9 Å². The first-order chi connectivity index (χ1) is 8.50. The maximum absolute atomic E-state index is 10.5. The van der Waals surface area contributed by atoms with Gasteiger partial charge in [0.05, 0.1) is 16.9 Å². The van der Waals surface area contributed by atoms with E-state index in [1.54, 1.807) is 6.07 Å². The fraction of sp³-hybridized carbons (Fsp3) is 0.357. The molecule has 0 radical (unpaired) electrons. The molecule has 1 aromatic heterocycles. The van der Waals surface area contributed by atoms with Crippen molar-refractivity contribution in [2.45, 2.75) is 32.3 Å². The van der Waals surface area contributed by atoms with Crippen LogP contribution in [0.2, 0.25) is 5.02 Å². The predicted octanol–water partition coefficient (Wildman–Crippen LogP) is 3.48. The highest BCUT2D eigenvalue weighted by molar-refractivity contribution is 6.31. The summed E-state index contributed by atoms with van der Waals surface area (Å²) in [5.41, 5.74) is 6.91. The van der Waals surface area contributed by atoms with E-state index in [4.69, 9.17) is 17.3 Å².